The molecule has 3 aliphatic heterocycles. The van der Waals surface area contributed by atoms with Gasteiger partial charge in [-0.3, -0.25) is 24.6 Å². The van der Waals surface area contributed by atoms with E-state index in [4.69, 9.17) is 14.2 Å². The first-order valence-electron chi connectivity index (χ1n) is 18.0. The Bertz CT molecular complexity index is 1500. The Kier molecular flexibility index (Phi) is 12.7. The summed E-state index contributed by atoms with van der Waals surface area (Å²) in [4.78, 5) is 55.4. The number of anilines is 1. The maximum atomic E-state index is 13.0. The van der Waals surface area contributed by atoms with Crippen molar-refractivity contribution in [2.75, 3.05) is 57.4 Å². The van der Waals surface area contributed by atoms with Gasteiger partial charge >= 0.3 is 6.09 Å². The molecule has 12 heteroatoms. The molecule has 5 rings (SSSR count). The number of piperidine rings is 1. The molecule has 0 aromatic heterocycles. The normalized spacial score (nSPS) is 18.9. The lowest BCUT2D eigenvalue weighted by Gasteiger charge is -2.36. The molecule has 2 fully saturated rings. The molecular weight excluding hydrogens is 638 g/mol. The molecule has 2 atom stereocenters. The second kappa shape index (κ2) is 17.2. The molecule has 1 unspecified atom stereocenters. The molecule has 12 nitrogen and oxygen atoms in total. The molecule has 0 radical (unpaired) electrons. The van der Waals surface area contributed by atoms with E-state index in [0.29, 0.717) is 25.1 Å². The summed E-state index contributed by atoms with van der Waals surface area (Å²) in [7, 11) is 0. The van der Waals surface area contributed by atoms with Crippen LogP contribution in [-0.2, 0) is 25.6 Å². The third kappa shape index (κ3) is 10.4. The smallest absolute Gasteiger partial charge is 0.408 e. The minimum absolute atomic E-state index is 0.139. The fourth-order valence-electron chi connectivity index (χ4n) is 6.57. The van der Waals surface area contributed by atoms with Crippen LogP contribution in [0.4, 0.5) is 10.5 Å². The van der Waals surface area contributed by atoms with Gasteiger partial charge in [-0.2, -0.15) is 0 Å². The van der Waals surface area contributed by atoms with Crippen molar-refractivity contribution in [1.82, 2.24) is 20.4 Å². The molecule has 0 bridgehead atoms. The highest BCUT2D eigenvalue weighted by Crippen LogP contribution is 2.31. The van der Waals surface area contributed by atoms with Gasteiger partial charge in [0.2, 0.25) is 11.8 Å². The Morgan fingerprint density at radius 1 is 0.960 bits per heavy atom. The quantitative estimate of drug-likeness (QED) is 0.200. The van der Waals surface area contributed by atoms with E-state index in [0.717, 1.165) is 94.2 Å². The van der Waals surface area contributed by atoms with E-state index in [9.17, 15) is 19.2 Å². The Morgan fingerprint density at radius 2 is 1.72 bits per heavy atom. The predicted octanol–water partition coefficient (Wildman–Crippen LogP) is 4.81. The third-order valence-corrected chi connectivity index (χ3v) is 9.34. The highest BCUT2D eigenvalue weighted by atomic mass is 16.6. The summed E-state index contributed by atoms with van der Waals surface area (Å²) < 4.78 is 17.3. The van der Waals surface area contributed by atoms with Gasteiger partial charge in [0, 0.05) is 63.5 Å². The SMILES string of the molecule is C[C@@H](NC(=O)OC(C)(C)C)c1cccc(OCCCCCCOCCN2CCN(c3ccc4c(c3)CN(C3CCC(=O)NC3=O)C4=O)CC2)c1. The molecule has 3 aliphatic rings. The van der Waals surface area contributed by atoms with Crippen molar-refractivity contribution >= 4 is 29.5 Å². The van der Waals surface area contributed by atoms with Gasteiger partial charge in [0.15, 0.2) is 0 Å². The number of piperazine rings is 1. The number of unbranched alkanes of at least 4 members (excludes halogenated alkanes) is 3. The molecule has 2 N–H and O–H groups in total. The van der Waals surface area contributed by atoms with Crippen molar-refractivity contribution in [3.05, 3.63) is 59.2 Å². The summed E-state index contributed by atoms with van der Waals surface area (Å²) in [5.74, 6) is -0.00181. The standard InChI is InChI=1S/C38H53N5O7/c1-27(39-37(47)50-38(2,3)4)28-10-9-11-31(25-28)49-22-8-6-5-7-21-48-23-20-41-16-18-42(19-17-41)30-12-13-32-29(24-30)26-43(36(32)46)33-14-15-34(44)40-35(33)45/h9-13,24-25,27,33H,5-8,14-23,26H2,1-4H3,(H,39,47)(H,40,44,45)/t27-,33?/m1/s1. The molecule has 272 valence electrons. The minimum Gasteiger partial charge on any atom is -0.494 e. The summed E-state index contributed by atoms with van der Waals surface area (Å²) in [6.45, 7) is 14.6. The Balaban J connectivity index is 0.904. The third-order valence-electron chi connectivity index (χ3n) is 9.34. The Labute approximate surface area is 295 Å². The van der Waals surface area contributed by atoms with E-state index in [1.807, 2.05) is 64.1 Å². The van der Waals surface area contributed by atoms with Gasteiger partial charge in [0.1, 0.15) is 17.4 Å². The van der Waals surface area contributed by atoms with Gasteiger partial charge in [0.05, 0.1) is 19.3 Å². The number of fused-ring (bicyclic) bond motifs is 1. The zero-order valence-electron chi connectivity index (χ0n) is 30.0. The van der Waals surface area contributed by atoms with Crippen LogP contribution in [-0.4, -0.2) is 97.8 Å². The average molecular weight is 692 g/mol. The first-order valence-corrected chi connectivity index (χ1v) is 18.0. The van der Waals surface area contributed by atoms with Crippen LogP contribution >= 0.6 is 0 Å². The van der Waals surface area contributed by atoms with Crippen LogP contribution < -0.4 is 20.3 Å². The van der Waals surface area contributed by atoms with Crippen LogP contribution in [0.15, 0.2) is 42.5 Å². The fourth-order valence-corrected chi connectivity index (χ4v) is 6.57. The van der Waals surface area contributed by atoms with Gasteiger partial charge < -0.3 is 29.3 Å². The number of carbonyl (C=O) groups excluding carboxylic acids is 4. The first-order chi connectivity index (χ1) is 24.0. The van der Waals surface area contributed by atoms with Crippen molar-refractivity contribution in [2.45, 2.75) is 90.4 Å². The van der Waals surface area contributed by atoms with Gasteiger partial charge in [-0.25, -0.2) is 4.79 Å². The number of hydrogen-bond donors (Lipinski definition) is 2. The lowest BCUT2D eigenvalue weighted by atomic mass is 10.0. The zero-order valence-corrected chi connectivity index (χ0v) is 30.0. The summed E-state index contributed by atoms with van der Waals surface area (Å²) in [6, 6.07) is 13.0. The van der Waals surface area contributed by atoms with E-state index in [-0.39, 0.29) is 30.2 Å². The van der Waals surface area contributed by atoms with E-state index in [1.165, 1.54) is 0 Å². The van der Waals surface area contributed by atoms with Crippen LogP contribution in [0.1, 0.15) is 93.7 Å². The van der Waals surface area contributed by atoms with Gasteiger partial charge in [0.25, 0.3) is 5.91 Å². The van der Waals surface area contributed by atoms with Crippen LogP contribution in [0, 0.1) is 0 Å². The Morgan fingerprint density at radius 3 is 2.46 bits per heavy atom. The van der Waals surface area contributed by atoms with Crippen LogP contribution in [0.2, 0.25) is 0 Å². The molecule has 3 heterocycles. The summed E-state index contributed by atoms with van der Waals surface area (Å²) >= 11 is 0. The number of nitrogens with one attached hydrogen (secondary N) is 2. The highest BCUT2D eigenvalue weighted by Gasteiger charge is 2.39. The van der Waals surface area contributed by atoms with Gasteiger partial charge in [-0.15, -0.1) is 0 Å². The Hall–Kier alpha value is -4.16. The monoisotopic (exact) mass is 691 g/mol. The number of benzene rings is 2. The summed E-state index contributed by atoms with van der Waals surface area (Å²) in [5.41, 5.74) is 3.10. The van der Waals surface area contributed by atoms with Crippen LogP contribution in [0.3, 0.4) is 0 Å². The number of rotatable bonds is 15. The van der Waals surface area contributed by atoms with Crippen molar-refractivity contribution in [3.63, 3.8) is 0 Å². The fraction of sp³-hybridized carbons (Fsp3) is 0.579. The first kappa shape index (κ1) is 37.1. The highest BCUT2D eigenvalue weighted by molar-refractivity contribution is 6.05. The molecule has 0 spiro atoms. The number of amides is 4. The van der Waals surface area contributed by atoms with Crippen molar-refractivity contribution in [3.8, 4) is 5.75 Å². The molecule has 2 aromatic carbocycles. The zero-order chi connectivity index (χ0) is 35.7. The van der Waals surface area contributed by atoms with E-state index < -0.39 is 17.7 Å². The second-order valence-electron chi connectivity index (χ2n) is 14.4. The molecule has 50 heavy (non-hydrogen) atoms. The minimum atomic E-state index is -0.593. The summed E-state index contributed by atoms with van der Waals surface area (Å²) in [6.07, 6.45) is 4.36. The number of ether oxygens (including phenoxy) is 3. The summed E-state index contributed by atoms with van der Waals surface area (Å²) in [5, 5.41) is 5.23. The number of imide groups is 1. The van der Waals surface area contributed by atoms with E-state index in [2.05, 4.69) is 26.5 Å². The lowest BCUT2D eigenvalue weighted by molar-refractivity contribution is -0.136. The molecule has 2 saturated heterocycles. The average Bonchev–Trinajstić information content (AvgIpc) is 3.40. The number of hydrogen-bond acceptors (Lipinski definition) is 9. The molecule has 4 amide bonds. The number of nitrogens with zero attached hydrogens (tertiary/aromatic N) is 3. The van der Waals surface area contributed by atoms with Crippen molar-refractivity contribution in [2.24, 2.45) is 0 Å². The number of alkyl carbamates (subject to hydrolysis) is 1. The predicted molar refractivity (Wildman–Crippen MR) is 190 cm³/mol. The van der Waals surface area contributed by atoms with E-state index >= 15 is 0 Å². The van der Waals surface area contributed by atoms with Crippen molar-refractivity contribution < 1.29 is 33.4 Å². The van der Waals surface area contributed by atoms with Gasteiger partial charge in [-0.1, -0.05) is 18.6 Å². The van der Waals surface area contributed by atoms with Crippen molar-refractivity contribution in [1.29, 1.82) is 0 Å². The van der Waals surface area contributed by atoms with Crippen LogP contribution in [0.5, 0.6) is 5.75 Å². The molecular formula is C38H53N5O7. The van der Waals surface area contributed by atoms with Gasteiger partial charge in [-0.05, 0) is 94.8 Å². The molecule has 0 saturated carbocycles. The molecule has 2 aromatic rings. The maximum absolute atomic E-state index is 13.0. The largest absolute Gasteiger partial charge is 0.494 e. The topological polar surface area (TPSA) is 130 Å². The van der Waals surface area contributed by atoms with Crippen LogP contribution in [0.25, 0.3) is 0 Å². The maximum Gasteiger partial charge on any atom is 0.408 e. The molecule has 0 aliphatic carbocycles. The number of carbonyl (C=O) groups is 4. The lowest BCUT2D eigenvalue weighted by Crippen LogP contribution is -2.52. The van der Waals surface area contributed by atoms with E-state index in [1.54, 1.807) is 4.90 Å². The second-order valence-corrected chi connectivity index (χ2v) is 14.4.